The molecule has 29 heavy (non-hydrogen) atoms. The maximum absolute atomic E-state index is 12.2. The standard InChI is InChI=1S/C19H20ClN3O5S/c20-14-4-2-13(3-5-14)19(26)21-9-8-18(25)22-16-12-15(6-7-17(16)24)23-10-1-11-29(23,27)28/h2-7,12,24H,1,8-11H2,(H,21,26)(H,22,25). The second kappa shape index (κ2) is 8.71. The lowest BCUT2D eigenvalue weighted by molar-refractivity contribution is -0.116. The number of carbonyl (C=O) groups excluding carboxylic acids is 2. The van der Waals surface area contributed by atoms with Gasteiger partial charge in [-0.25, -0.2) is 8.42 Å². The molecule has 1 fully saturated rings. The largest absolute Gasteiger partial charge is 0.506 e. The molecule has 0 radical (unpaired) electrons. The van der Waals surface area contributed by atoms with Gasteiger partial charge in [0.25, 0.3) is 5.91 Å². The van der Waals surface area contributed by atoms with E-state index in [2.05, 4.69) is 10.6 Å². The third-order valence-corrected chi connectivity index (χ3v) is 6.51. The molecular weight excluding hydrogens is 418 g/mol. The first-order chi connectivity index (χ1) is 13.8. The number of nitrogens with zero attached hydrogens (tertiary/aromatic N) is 1. The van der Waals surface area contributed by atoms with Gasteiger partial charge in [-0.15, -0.1) is 0 Å². The summed E-state index contributed by atoms with van der Waals surface area (Å²) in [7, 11) is -3.37. The summed E-state index contributed by atoms with van der Waals surface area (Å²) in [5, 5.41) is 15.7. The lowest BCUT2D eigenvalue weighted by Crippen LogP contribution is -2.27. The predicted molar refractivity (Wildman–Crippen MR) is 111 cm³/mol. The zero-order valence-electron chi connectivity index (χ0n) is 15.4. The SMILES string of the molecule is O=C(CCNC(=O)c1ccc(Cl)cc1)Nc1cc(N2CCCS2(=O)=O)ccc1O. The van der Waals surface area contributed by atoms with E-state index in [1.54, 1.807) is 24.3 Å². The van der Waals surface area contributed by atoms with Crippen molar-refractivity contribution in [3.8, 4) is 5.75 Å². The van der Waals surface area contributed by atoms with Gasteiger partial charge in [-0.05, 0) is 48.9 Å². The van der Waals surface area contributed by atoms with Crippen molar-refractivity contribution in [3.05, 3.63) is 53.1 Å². The average molecular weight is 438 g/mol. The summed E-state index contributed by atoms with van der Waals surface area (Å²) in [4.78, 5) is 24.2. The zero-order chi connectivity index (χ0) is 21.0. The molecule has 1 aliphatic heterocycles. The predicted octanol–water partition coefficient (Wildman–Crippen LogP) is 2.34. The highest BCUT2D eigenvalue weighted by Crippen LogP contribution is 2.32. The number of hydrogen-bond acceptors (Lipinski definition) is 5. The summed E-state index contributed by atoms with van der Waals surface area (Å²) < 4.78 is 25.4. The number of anilines is 2. The molecule has 2 amide bonds. The van der Waals surface area contributed by atoms with Crippen molar-refractivity contribution >= 4 is 44.8 Å². The van der Waals surface area contributed by atoms with Crippen LogP contribution in [-0.2, 0) is 14.8 Å². The number of sulfonamides is 1. The third kappa shape index (κ3) is 5.18. The summed E-state index contributed by atoms with van der Waals surface area (Å²) in [5.41, 5.74) is 0.914. The average Bonchev–Trinajstić information content (AvgIpc) is 3.03. The van der Waals surface area contributed by atoms with E-state index in [9.17, 15) is 23.1 Å². The Morgan fingerprint density at radius 3 is 2.52 bits per heavy atom. The second-order valence-corrected chi connectivity index (χ2v) is 8.95. The Morgan fingerprint density at radius 2 is 1.86 bits per heavy atom. The summed E-state index contributed by atoms with van der Waals surface area (Å²) in [6, 6.07) is 10.6. The first-order valence-corrected chi connectivity index (χ1v) is 10.9. The van der Waals surface area contributed by atoms with E-state index in [0.29, 0.717) is 29.2 Å². The molecule has 3 rings (SSSR count). The van der Waals surface area contributed by atoms with Crippen LogP contribution in [0.2, 0.25) is 5.02 Å². The van der Waals surface area contributed by atoms with E-state index in [0.717, 1.165) is 0 Å². The molecule has 0 saturated carbocycles. The van der Waals surface area contributed by atoms with E-state index in [1.807, 2.05) is 0 Å². The normalized spacial score (nSPS) is 15.1. The monoisotopic (exact) mass is 437 g/mol. The van der Waals surface area contributed by atoms with Gasteiger partial charge in [0, 0.05) is 30.1 Å². The summed E-state index contributed by atoms with van der Waals surface area (Å²) >= 11 is 5.78. The minimum atomic E-state index is -3.37. The fourth-order valence-corrected chi connectivity index (χ4v) is 4.60. The fourth-order valence-electron chi connectivity index (χ4n) is 2.91. The van der Waals surface area contributed by atoms with Crippen LogP contribution < -0.4 is 14.9 Å². The van der Waals surface area contributed by atoms with Crippen molar-refractivity contribution in [1.29, 1.82) is 0 Å². The van der Waals surface area contributed by atoms with Crippen LogP contribution in [0.4, 0.5) is 11.4 Å². The fraction of sp³-hybridized carbons (Fsp3) is 0.263. The van der Waals surface area contributed by atoms with Gasteiger partial charge in [-0.3, -0.25) is 13.9 Å². The number of halogens is 1. The minimum absolute atomic E-state index is 0.0228. The molecule has 3 N–H and O–H groups in total. The molecule has 0 unspecified atom stereocenters. The molecule has 0 spiro atoms. The highest BCUT2D eigenvalue weighted by Gasteiger charge is 2.28. The Morgan fingerprint density at radius 1 is 1.14 bits per heavy atom. The number of hydrogen-bond donors (Lipinski definition) is 3. The van der Waals surface area contributed by atoms with Crippen molar-refractivity contribution in [2.75, 3.05) is 28.5 Å². The lowest BCUT2D eigenvalue weighted by atomic mass is 10.2. The van der Waals surface area contributed by atoms with Crippen molar-refractivity contribution in [3.63, 3.8) is 0 Å². The van der Waals surface area contributed by atoms with Gasteiger partial charge in [0.05, 0.1) is 17.1 Å². The van der Waals surface area contributed by atoms with Crippen molar-refractivity contribution in [2.45, 2.75) is 12.8 Å². The summed E-state index contributed by atoms with van der Waals surface area (Å²) in [5.74, 6) is -0.872. The van der Waals surface area contributed by atoms with Crippen LogP contribution >= 0.6 is 11.6 Å². The number of benzene rings is 2. The van der Waals surface area contributed by atoms with Crippen LogP contribution in [0.25, 0.3) is 0 Å². The molecule has 0 atom stereocenters. The van der Waals surface area contributed by atoms with E-state index in [4.69, 9.17) is 11.6 Å². The molecule has 2 aromatic rings. The Labute approximate surface area is 173 Å². The Kier molecular flexibility index (Phi) is 6.29. The van der Waals surface area contributed by atoms with Crippen LogP contribution in [0, 0.1) is 0 Å². The number of rotatable bonds is 6. The van der Waals surface area contributed by atoms with Crippen molar-refractivity contribution in [1.82, 2.24) is 5.32 Å². The molecule has 154 valence electrons. The van der Waals surface area contributed by atoms with Crippen LogP contribution in [0.15, 0.2) is 42.5 Å². The number of amides is 2. The number of nitrogens with one attached hydrogen (secondary N) is 2. The quantitative estimate of drug-likeness (QED) is 0.600. The minimum Gasteiger partial charge on any atom is -0.506 e. The number of phenols is 1. The highest BCUT2D eigenvalue weighted by atomic mass is 35.5. The smallest absolute Gasteiger partial charge is 0.251 e. The van der Waals surface area contributed by atoms with E-state index in [1.165, 1.54) is 22.5 Å². The first kappa shape index (κ1) is 20.9. The molecule has 8 nitrogen and oxygen atoms in total. The van der Waals surface area contributed by atoms with Gasteiger partial charge < -0.3 is 15.7 Å². The first-order valence-electron chi connectivity index (χ1n) is 8.93. The Hall–Kier alpha value is -2.78. The van der Waals surface area contributed by atoms with Gasteiger partial charge in [-0.2, -0.15) is 0 Å². The van der Waals surface area contributed by atoms with Gasteiger partial charge in [-0.1, -0.05) is 11.6 Å². The Balaban J connectivity index is 1.57. The molecular formula is C19H20ClN3O5S. The maximum Gasteiger partial charge on any atom is 0.251 e. The van der Waals surface area contributed by atoms with Gasteiger partial charge in [0.1, 0.15) is 5.75 Å². The van der Waals surface area contributed by atoms with Crippen molar-refractivity contribution < 1.29 is 23.1 Å². The van der Waals surface area contributed by atoms with Gasteiger partial charge in [0.2, 0.25) is 15.9 Å². The maximum atomic E-state index is 12.2. The Bertz CT molecular complexity index is 1020. The second-order valence-electron chi connectivity index (χ2n) is 6.50. The van der Waals surface area contributed by atoms with E-state index < -0.39 is 15.9 Å². The molecule has 2 aromatic carbocycles. The van der Waals surface area contributed by atoms with Crippen LogP contribution in [0.5, 0.6) is 5.75 Å². The number of phenolic OH excluding ortho intramolecular Hbond substituents is 1. The molecule has 1 saturated heterocycles. The summed E-state index contributed by atoms with van der Waals surface area (Å²) in [6.45, 7) is 0.450. The van der Waals surface area contributed by atoms with Crippen LogP contribution in [0.3, 0.4) is 0 Å². The zero-order valence-corrected chi connectivity index (χ0v) is 17.0. The molecule has 1 heterocycles. The molecule has 0 aromatic heterocycles. The van der Waals surface area contributed by atoms with Crippen LogP contribution in [-0.4, -0.2) is 44.2 Å². The van der Waals surface area contributed by atoms with E-state index in [-0.39, 0.29) is 36.1 Å². The molecule has 0 aliphatic carbocycles. The molecule has 1 aliphatic rings. The molecule has 0 bridgehead atoms. The van der Waals surface area contributed by atoms with Gasteiger partial charge in [0.15, 0.2) is 0 Å². The van der Waals surface area contributed by atoms with Crippen LogP contribution in [0.1, 0.15) is 23.2 Å². The topological polar surface area (TPSA) is 116 Å². The highest BCUT2D eigenvalue weighted by molar-refractivity contribution is 7.93. The van der Waals surface area contributed by atoms with Crippen molar-refractivity contribution in [2.24, 2.45) is 0 Å². The summed E-state index contributed by atoms with van der Waals surface area (Å²) in [6.07, 6.45) is 0.503. The number of aromatic hydroxyl groups is 1. The number of carbonyl (C=O) groups is 2. The van der Waals surface area contributed by atoms with Gasteiger partial charge >= 0.3 is 0 Å². The lowest BCUT2D eigenvalue weighted by Gasteiger charge is -2.18. The van der Waals surface area contributed by atoms with E-state index >= 15 is 0 Å². The third-order valence-electron chi connectivity index (χ3n) is 4.39. The molecule has 10 heteroatoms.